The zero-order valence-electron chi connectivity index (χ0n) is 12.6. The first-order chi connectivity index (χ1) is 8.92. The van der Waals surface area contributed by atoms with Crippen molar-refractivity contribution in [2.75, 3.05) is 6.54 Å². The van der Waals surface area contributed by atoms with Crippen LogP contribution in [0.15, 0.2) is 6.33 Å². The van der Waals surface area contributed by atoms with E-state index in [0.717, 1.165) is 24.7 Å². The Hall–Kier alpha value is -0.900. The maximum atomic E-state index is 4.34. The second-order valence-electron chi connectivity index (χ2n) is 7.39. The average Bonchev–Trinajstić information content (AvgIpc) is 2.95. The lowest BCUT2D eigenvalue weighted by molar-refractivity contribution is 0.110. The molecule has 4 nitrogen and oxygen atoms in total. The van der Waals surface area contributed by atoms with Crippen LogP contribution < -0.4 is 5.32 Å². The van der Waals surface area contributed by atoms with Crippen molar-refractivity contribution >= 4 is 0 Å². The zero-order valence-corrected chi connectivity index (χ0v) is 12.6. The van der Waals surface area contributed by atoms with E-state index in [-0.39, 0.29) is 0 Å². The van der Waals surface area contributed by atoms with Gasteiger partial charge < -0.3 is 5.32 Å². The minimum atomic E-state index is 0.435. The van der Waals surface area contributed by atoms with E-state index < -0.39 is 0 Å². The fourth-order valence-electron chi connectivity index (χ4n) is 4.64. The van der Waals surface area contributed by atoms with Crippen molar-refractivity contribution in [3.8, 4) is 0 Å². The number of aryl methyl sites for hydroxylation is 1. The van der Waals surface area contributed by atoms with Gasteiger partial charge in [-0.25, -0.2) is 4.98 Å². The normalized spacial score (nSPS) is 36.0. The second kappa shape index (κ2) is 4.30. The molecule has 19 heavy (non-hydrogen) atoms. The molecular weight excluding hydrogens is 236 g/mol. The van der Waals surface area contributed by atoms with Crippen molar-refractivity contribution in [2.24, 2.45) is 23.8 Å². The molecule has 1 N–H and O–H groups in total. The predicted molar refractivity (Wildman–Crippen MR) is 75.7 cm³/mol. The Morgan fingerprint density at radius 3 is 2.79 bits per heavy atom. The van der Waals surface area contributed by atoms with Gasteiger partial charge in [-0.3, -0.25) is 4.68 Å². The molecule has 2 bridgehead atoms. The SMILES string of the molecule is Cn1cnc(CCNC2C(C)(C)[C@H]3CC[C@]2(C)C3)n1. The van der Waals surface area contributed by atoms with Gasteiger partial charge in [-0.15, -0.1) is 0 Å². The van der Waals surface area contributed by atoms with Crippen LogP contribution >= 0.6 is 0 Å². The molecule has 2 aliphatic rings. The zero-order chi connectivity index (χ0) is 13.7. The van der Waals surface area contributed by atoms with Crippen LogP contribution in [0.3, 0.4) is 0 Å². The summed E-state index contributed by atoms with van der Waals surface area (Å²) < 4.78 is 1.78. The molecule has 1 unspecified atom stereocenters. The highest BCUT2D eigenvalue weighted by Crippen LogP contribution is 2.62. The number of hydrogen-bond donors (Lipinski definition) is 1. The summed E-state index contributed by atoms with van der Waals surface area (Å²) in [5.74, 6) is 1.85. The van der Waals surface area contributed by atoms with Crippen LogP contribution in [-0.2, 0) is 13.5 Å². The molecule has 2 fully saturated rings. The molecule has 0 aromatic carbocycles. The van der Waals surface area contributed by atoms with Crippen LogP contribution in [0.2, 0.25) is 0 Å². The number of aromatic nitrogens is 3. The number of rotatable bonds is 4. The van der Waals surface area contributed by atoms with Gasteiger partial charge in [-0.1, -0.05) is 20.8 Å². The van der Waals surface area contributed by atoms with Crippen molar-refractivity contribution in [1.82, 2.24) is 20.1 Å². The Labute approximate surface area is 116 Å². The van der Waals surface area contributed by atoms with Gasteiger partial charge in [0, 0.05) is 26.1 Å². The highest BCUT2D eigenvalue weighted by Gasteiger charge is 2.58. The van der Waals surface area contributed by atoms with Gasteiger partial charge in [0.25, 0.3) is 0 Å². The molecule has 0 radical (unpaired) electrons. The number of nitrogens with zero attached hydrogens (tertiary/aromatic N) is 3. The fraction of sp³-hybridized carbons (Fsp3) is 0.867. The average molecular weight is 262 g/mol. The van der Waals surface area contributed by atoms with Gasteiger partial charge in [0.2, 0.25) is 0 Å². The number of hydrogen-bond acceptors (Lipinski definition) is 3. The van der Waals surface area contributed by atoms with E-state index in [0.29, 0.717) is 16.9 Å². The quantitative estimate of drug-likeness (QED) is 0.904. The third-order valence-corrected chi connectivity index (χ3v) is 5.61. The minimum Gasteiger partial charge on any atom is -0.312 e. The summed E-state index contributed by atoms with van der Waals surface area (Å²) in [7, 11) is 1.92. The summed E-state index contributed by atoms with van der Waals surface area (Å²) >= 11 is 0. The first-order valence-corrected chi connectivity index (χ1v) is 7.50. The highest BCUT2D eigenvalue weighted by molar-refractivity contribution is 5.12. The van der Waals surface area contributed by atoms with Crippen molar-refractivity contribution in [3.05, 3.63) is 12.2 Å². The Bertz CT molecular complexity index is 460. The third kappa shape index (κ3) is 2.10. The minimum absolute atomic E-state index is 0.435. The summed E-state index contributed by atoms with van der Waals surface area (Å²) in [5, 5.41) is 8.15. The lowest BCUT2D eigenvalue weighted by Gasteiger charge is -2.43. The van der Waals surface area contributed by atoms with E-state index in [1.165, 1.54) is 19.3 Å². The molecule has 0 aliphatic heterocycles. The maximum absolute atomic E-state index is 4.34. The van der Waals surface area contributed by atoms with E-state index in [9.17, 15) is 0 Å². The smallest absolute Gasteiger partial charge is 0.151 e. The van der Waals surface area contributed by atoms with Gasteiger partial charge >= 0.3 is 0 Å². The fourth-order valence-corrected chi connectivity index (χ4v) is 4.64. The van der Waals surface area contributed by atoms with E-state index in [2.05, 4.69) is 36.2 Å². The van der Waals surface area contributed by atoms with Gasteiger partial charge in [0.1, 0.15) is 6.33 Å². The Morgan fingerprint density at radius 1 is 1.42 bits per heavy atom. The van der Waals surface area contributed by atoms with Gasteiger partial charge in [-0.05, 0) is 36.0 Å². The summed E-state index contributed by atoms with van der Waals surface area (Å²) in [6.45, 7) is 8.34. The van der Waals surface area contributed by atoms with Crippen molar-refractivity contribution in [2.45, 2.75) is 52.5 Å². The molecule has 0 spiro atoms. The monoisotopic (exact) mass is 262 g/mol. The van der Waals surface area contributed by atoms with Crippen LogP contribution in [0.5, 0.6) is 0 Å². The van der Waals surface area contributed by atoms with Crippen molar-refractivity contribution in [1.29, 1.82) is 0 Å². The number of fused-ring (bicyclic) bond motifs is 2. The molecule has 2 aliphatic carbocycles. The lowest BCUT2D eigenvalue weighted by Crippen LogP contribution is -2.50. The molecule has 3 rings (SSSR count). The predicted octanol–water partition coefficient (Wildman–Crippen LogP) is 2.16. The largest absolute Gasteiger partial charge is 0.312 e. The summed E-state index contributed by atoms with van der Waals surface area (Å²) in [4.78, 5) is 4.29. The van der Waals surface area contributed by atoms with E-state index in [4.69, 9.17) is 0 Å². The van der Waals surface area contributed by atoms with Crippen molar-refractivity contribution < 1.29 is 0 Å². The third-order valence-electron chi connectivity index (χ3n) is 5.61. The van der Waals surface area contributed by atoms with E-state index >= 15 is 0 Å². The van der Waals surface area contributed by atoms with E-state index in [1.54, 1.807) is 11.0 Å². The standard InChI is InChI=1S/C15H26N4/c1-14(2)11-5-7-15(3,9-11)13(14)16-8-6-12-17-10-19(4)18-12/h10-11,13,16H,5-9H2,1-4H3/t11-,13?,15+/m0/s1. The molecule has 2 saturated carbocycles. The summed E-state index contributed by atoms with van der Waals surface area (Å²) in [6, 6.07) is 0.641. The molecule has 1 heterocycles. The first-order valence-electron chi connectivity index (χ1n) is 7.50. The first kappa shape index (κ1) is 13.1. The topological polar surface area (TPSA) is 42.7 Å². The lowest BCUT2D eigenvalue weighted by atomic mass is 9.68. The van der Waals surface area contributed by atoms with Crippen LogP contribution in [0.25, 0.3) is 0 Å². The summed E-state index contributed by atoms with van der Waals surface area (Å²) in [6.07, 6.45) is 6.91. The van der Waals surface area contributed by atoms with Crippen LogP contribution in [0.1, 0.15) is 45.9 Å². The van der Waals surface area contributed by atoms with Gasteiger partial charge in [0.15, 0.2) is 5.82 Å². The van der Waals surface area contributed by atoms with Gasteiger partial charge in [-0.2, -0.15) is 5.10 Å². The molecule has 3 atom stereocenters. The summed E-state index contributed by atoms with van der Waals surface area (Å²) in [5.41, 5.74) is 0.941. The maximum Gasteiger partial charge on any atom is 0.151 e. The Kier molecular flexibility index (Phi) is 2.97. The molecule has 0 amide bonds. The van der Waals surface area contributed by atoms with Crippen molar-refractivity contribution in [3.63, 3.8) is 0 Å². The molecule has 106 valence electrons. The molecule has 0 saturated heterocycles. The molecular formula is C15H26N4. The van der Waals surface area contributed by atoms with Gasteiger partial charge in [0.05, 0.1) is 0 Å². The highest BCUT2D eigenvalue weighted by atomic mass is 15.3. The Balaban J connectivity index is 1.60. The van der Waals surface area contributed by atoms with Crippen LogP contribution in [-0.4, -0.2) is 27.4 Å². The van der Waals surface area contributed by atoms with E-state index in [1.807, 2.05) is 7.05 Å². The number of nitrogens with one attached hydrogen (secondary N) is 1. The molecule has 4 heteroatoms. The Morgan fingerprint density at radius 2 is 2.21 bits per heavy atom. The molecule has 1 aromatic heterocycles. The molecule has 1 aromatic rings. The second-order valence-corrected chi connectivity index (χ2v) is 7.39. The van der Waals surface area contributed by atoms with Crippen LogP contribution in [0.4, 0.5) is 0 Å². The van der Waals surface area contributed by atoms with Crippen LogP contribution in [0, 0.1) is 16.7 Å².